The molecule has 0 N–H and O–H groups in total. The van der Waals surface area contributed by atoms with Crippen molar-refractivity contribution in [3.8, 4) is 11.8 Å². The van der Waals surface area contributed by atoms with Crippen molar-refractivity contribution in [3.63, 3.8) is 0 Å². The summed E-state index contributed by atoms with van der Waals surface area (Å²) < 4.78 is 5.29. The molecule has 0 heterocycles. The number of allylic oxidation sites excluding steroid dienone is 1. The first-order chi connectivity index (χ1) is 7.69. The van der Waals surface area contributed by atoms with Crippen LogP contribution in [-0.4, -0.2) is 11.5 Å². The number of benzene rings is 1. The summed E-state index contributed by atoms with van der Waals surface area (Å²) in [6.45, 7) is 2.28. The molecule has 0 aliphatic heterocycles. The molecule has 82 valence electrons. The molecule has 0 spiro atoms. The van der Waals surface area contributed by atoms with E-state index in [1.54, 1.807) is 0 Å². The van der Waals surface area contributed by atoms with Gasteiger partial charge in [0.1, 0.15) is 5.75 Å². The molecule has 5 nitrogen and oxygen atoms in total. The molecule has 0 saturated carbocycles. The van der Waals surface area contributed by atoms with E-state index >= 15 is 0 Å². The summed E-state index contributed by atoms with van der Waals surface area (Å²) in [5, 5.41) is 19.0. The van der Waals surface area contributed by atoms with Crippen LogP contribution in [0.15, 0.2) is 24.3 Å². The van der Waals surface area contributed by atoms with Gasteiger partial charge in [0, 0.05) is 23.8 Å². The van der Waals surface area contributed by atoms with Crippen LogP contribution < -0.4 is 4.74 Å². The van der Waals surface area contributed by atoms with E-state index in [2.05, 4.69) is 0 Å². The van der Waals surface area contributed by atoms with Crippen LogP contribution in [0.4, 0.5) is 5.69 Å². The first-order valence-corrected chi connectivity index (χ1v) is 4.66. The lowest BCUT2D eigenvalue weighted by molar-refractivity contribution is -0.384. The lowest BCUT2D eigenvalue weighted by Crippen LogP contribution is -1.95. The minimum absolute atomic E-state index is 0.0268. The van der Waals surface area contributed by atoms with Gasteiger partial charge in [-0.1, -0.05) is 0 Å². The normalized spacial score (nSPS) is 10.0. The van der Waals surface area contributed by atoms with Gasteiger partial charge < -0.3 is 4.74 Å². The summed E-state index contributed by atoms with van der Waals surface area (Å²) in [6.07, 6.45) is 2.74. The van der Waals surface area contributed by atoms with Gasteiger partial charge in [-0.3, -0.25) is 10.1 Å². The molecule has 1 rings (SSSR count). The lowest BCUT2D eigenvalue weighted by atomic mass is 10.1. The quantitative estimate of drug-likeness (QED) is 0.442. The zero-order chi connectivity index (χ0) is 12.0. The topological polar surface area (TPSA) is 76.2 Å². The van der Waals surface area contributed by atoms with Gasteiger partial charge in [-0.25, -0.2) is 0 Å². The molecule has 0 bridgehead atoms. The molecule has 0 aliphatic rings. The third kappa shape index (κ3) is 2.82. The number of nitrogens with zero attached hydrogens (tertiary/aromatic N) is 2. The molecule has 0 aliphatic carbocycles. The Morgan fingerprint density at radius 3 is 2.94 bits per heavy atom. The average molecular weight is 218 g/mol. The van der Waals surface area contributed by atoms with Crippen LogP contribution in [0.5, 0.6) is 5.75 Å². The largest absolute Gasteiger partial charge is 0.493 e. The number of hydrogen-bond acceptors (Lipinski definition) is 4. The maximum absolute atomic E-state index is 10.6. The predicted octanol–water partition coefficient (Wildman–Crippen LogP) is 2.53. The smallest absolute Gasteiger partial charge is 0.270 e. The molecule has 1 aromatic carbocycles. The molecule has 5 heteroatoms. The van der Waals surface area contributed by atoms with E-state index in [-0.39, 0.29) is 5.69 Å². The molecule has 0 amide bonds. The van der Waals surface area contributed by atoms with Gasteiger partial charge in [-0.2, -0.15) is 5.26 Å². The van der Waals surface area contributed by atoms with Crippen LogP contribution in [0.25, 0.3) is 6.08 Å². The minimum atomic E-state index is -0.487. The number of ether oxygens (including phenoxy) is 1. The van der Waals surface area contributed by atoms with Crippen LogP contribution in [0, 0.1) is 21.4 Å². The third-order valence-corrected chi connectivity index (χ3v) is 1.84. The van der Waals surface area contributed by atoms with Crippen LogP contribution in [0.2, 0.25) is 0 Å². The van der Waals surface area contributed by atoms with Gasteiger partial charge in [0.05, 0.1) is 17.6 Å². The number of non-ortho nitro benzene ring substituents is 1. The Morgan fingerprint density at radius 1 is 1.62 bits per heavy atom. The first kappa shape index (κ1) is 11.7. The first-order valence-electron chi connectivity index (χ1n) is 4.66. The standard InChI is InChI=1S/C11H10N2O3/c1-2-16-11-6-5-10(13(14)15)8-9(11)4-3-7-12/h3-6,8H,2H2,1H3. The summed E-state index contributed by atoms with van der Waals surface area (Å²) in [5.74, 6) is 0.527. The fourth-order valence-corrected chi connectivity index (χ4v) is 1.19. The van der Waals surface area contributed by atoms with Crippen molar-refractivity contribution in [2.24, 2.45) is 0 Å². The van der Waals surface area contributed by atoms with E-state index in [0.717, 1.165) is 0 Å². The molecule has 0 saturated heterocycles. The lowest BCUT2D eigenvalue weighted by Gasteiger charge is -2.06. The zero-order valence-electron chi connectivity index (χ0n) is 8.71. The van der Waals surface area contributed by atoms with E-state index in [1.165, 1.54) is 30.4 Å². The second-order valence-electron chi connectivity index (χ2n) is 2.87. The fourth-order valence-electron chi connectivity index (χ4n) is 1.19. The molecule has 0 radical (unpaired) electrons. The summed E-state index contributed by atoms with van der Waals surface area (Å²) in [7, 11) is 0. The van der Waals surface area contributed by atoms with E-state index in [0.29, 0.717) is 17.9 Å². The Balaban J connectivity index is 3.16. The number of nitro groups is 1. The molecule has 0 unspecified atom stereocenters. The SMILES string of the molecule is CCOc1ccc([N+](=O)[O-])cc1C=CC#N. The van der Waals surface area contributed by atoms with Crippen molar-refractivity contribution in [1.29, 1.82) is 5.26 Å². The average Bonchev–Trinajstić information content (AvgIpc) is 2.27. The highest BCUT2D eigenvalue weighted by molar-refractivity contribution is 5.62. The summed E-state index contributed by atoms with van der Waals surface area (Å²) in [4.78, 5) is 10.1. The zero-order valence-corrected chi connectivity index (χ0v) is 8.71. The van der Waals surface area contributed by atoms with Crippen LogP contribution in [0.1, 0.15) is 12.5 Å². The molecule has 16 heavy (non-hydrogen) atoms. The Labute approximate surface area is 92.7 Å². The molecule has 0 atom stereocenters. The van der Waals surface area contributed by atoms with Gasteiger partial charge in [0.2, 0.25) is 0 Å². The Hall–Kier alpha value is -2.35. The van der Waals surface area contributed by atoms with E-state index in [4.69, 9.17) is 10.00 Å². The third-order valence-electron chi connectivity index (χ3n) is 1.84. The second kappa shape index (κ2) is 5.51. The van der Waals surface area contributed by atoms with Crippen molar-refractivity contribution >= 4 is 11.8 Å². The summed E-state index contributed by atoms with van der Waals surface area (Å²) in [6, 6.07) is 6.10. The van der Waals surface area contributed by atoms with Gasteiger partial charge in [-0.15, -0.1) is 0 Å². The highest BCUT2D eigenvalue weighted by Crippen LogP contribution is 2.25. The van der Waals surface area contributed by atoms with E-state index in [9.17, 15) is 10.1 Å². The van der Waals surface area contributed by atoms with Crippen molar-refractivity contribution in [2.45, 2.75) is 6.92 Å². The maximum Gasteiger partial charge on any atom is 0.270 e. The number of rotatable bonds is 4. The van der Waals surface area contributed by atoms with Crippen molar-refractivity contribution < 1.29 is 9.66 Å². The molecular formula is C11H10N2O3. The number of nitriles is 1. The summed E-state index contributed by atoms with van der Waals surface area (Å²) in [5.41, 5.74) is 0.499. The number of nitro benzene ring substituents is 1. The minimum Gasteiger partial charge on any atom is -0.493 e. The summed E-state index contributed by atoms with van der Waals surface area (Å²) >= 11 is 0. The fraction of sp³-hybridized carbons (Fsp3) is 0.182. The monoisotopic (exact) mass is 218 g/mol. The molecule has 0 fully saturated rings. The molecule has 1 aromatic rings. The molecule has 0 aromatic heterocycles. The van der Waals surface area contributed by atoms with Crippen LogP contribution in [0.3, 0.4) is 0 Å². The van der Waals surface area contributed by atoms with Crippen LogP contribution >= 0.6 is 0 Å². The van der Waals surface area contributed by atoms with E-state index in [1.807, 2.05) is 13.0 Å². The number of hydrogen-bond donors (Lipinski definition) is 0. The molecular weight excluding hydrogens is 208 g/mol. The highest BCUT2D eigenvalue weighted by atomic mass is 16.6. The van der Waals surface area contributed by atoms with Crippen molar-refractivity contribution in [2.75, 3.05) is 6.61 Å². The van der Waals surface area contributed by atoms with Gasteiger partial charge in [0.15, 0.2) is 0 Å². The maximum atomic E-state index is 10.6. The Bertz CT molecular complexity index is 461. The Morgan fingerprint density at radius 2 is 2.38 bits per heavy atom. The van der Waals surface area contributed by atoms with Crippen molar-refractivity contribution in [3.05, 3.63) is 40.0 Å². The highest BCUT2D eigenvalue weighted by Gasteiger charge is 2.09. The predicted molar refractivity (Wildman–Crippen MR) is 58.9 cm³/mol. The Kier molecular flexibility index (Phi) is 4.04. The second-order valence-corrected chi connectivity index (χ2v) is 2.87. The van der Waals surface area contributed by atoms with Gasteiger partial charge >= 0.3 is 0 Å². The van der Waals surface area contributed by atoms with Crippen molar-refractivity contribution in [1.82, 2.24) is 0 Å². The van der Waals surface area contributed by atoms with E-state index < -0.39 is 4.92 Å². The van der Waals surface area contributed by atoms with Crippen LogP contribution in [-0.2, 0) is 0 Å². The van der Waals surface area contributed by atoms with Gasteiger partial charge in [0.25, 0.3) is 5.69 Å². The van der Waals surface area contributed by atoms with Gasteiger partial charge in [-0.05, 0) is 19.1 Å².